The van der Waals surface area contributed by atoms with E-state index in [1.807, 2.05) is 64.9 Å². The van der Waals surface area contributed by atoms with E-state index in [-0.39, 0.29) is 0 Å². The lowest BCUT2D eigenvalue weighted by atomic mass is 10.2. The normalized spacial score (nSPS) is 13.9. The number of aromatic nitrogens is 1. The van der Waals surface area contributed by atoms with Crippen LogP contribution >= 0.6 is 0 Å². The lowest BCUT2D eigenvalue weighted by molar-refractivity contribution is 0.448. The van der Waals surface area contributed by atoms with Gasteiger partial charge in [0.1, 0.15) is 0 Å². The van der Waals surface area contributed by atoms with Crippen LogP contribution in [0.5, 0.6) is 0 Å². The number of hydrogen-bond donors (Lipinski definition) is 0. The SMILES string of the molecule is C=C1C=CN(N(c2ccccn2)c2ccco2)C=C1. The highest BCUT2D eigenvalue weighted by Gasteiger charge is 2.18. The van der Waals surface area contributed by atoms with Crippen LogP contribution in [0.25, 0.3) is 0 Å². The Morgan fingerprint density at radius 1 is 1.11 bits per heavy atom. The van der Waals surface area contributed by atoms with Gasteiger partial charge in [0.05, 0.1) is 6.26 Å². The fourth-order valence-corrected chi connectivity index (χ4v) is 1.80. The molecule has 0 saturated carbocycles. The molecule has 19 heavy (non-hydrogen) atoms. The minimum absolute atomic E-state index is 0.695. The van der Waals surface area contributed by atoms with E-state index in [1.165, 1.54) is 0 Å². The summed E-state index contributed by atoms with van der Waals surface area (Å²) in [6, 6.07) is 9.48. The summed E-state index contributed by atoms with van der Waals surface area (Å²) in [5, 5.41) is 3.77. The standard InChI is InChI=1S/C15H13N3O/c1-13-7-10-17(11-8-13)18(15-6-4-12-19-15)14-5-2-3-9-16-14/h2-12H,1H2. The number of rotatable bonds is 3. The van der Waals surface area contributed by atoms with Gasteiger partial charge in [-0.05, 0) is 35.9 Å². The van der Waals surface area contributed by atoms with E-state index in [0.29, 0.717) is 5.88 Å². The van der Waals surface area contributed by atoms with E-state index in [2.05, 4.69) is 11.6 Å². The molecule has 0 radical (unpaired) electrons. The van der Waals surface area contributed by atoms with Gasteiger partial charge in [0.25, 0.3) is 0 Å². The van der Waals surface area contributed by atoms with Crippen molar-refractivity contribution in [1.82, 2.24) is 9.99 Å². The van der Waals surface area contributed by atoms with E-state index in [4.69, 9.17) is 4.42 Å². The molecule has 0 atom stereocenters. The Morgan fingerprint density at radius 2 is 1.95 bits per heavy atom. The summed E-state index contributed by atoms with van der Waals surface area (Å²) >= 11 is 0. The van der Waals surface area contributed by atoms with Gasteiger partial charge in [0.15, 0.2) is 5.82 Å². The molecule has 0 saturated heterocycles. The van der Waals surface area contributed by atoms with E-state index in [1.54, 1.807) is 12.5 Å². The summed E-state index contributed by atoms with van der Waals surface area (Å²) < 4.78 is 5.48. The fourth-order valence-electron chi connectivity index (χ4n) is 1.80. The molecule has 0 spiro atoms. The van der Waals surface area contributed by atoms with Gasteiger partial charge in [-0.3, -0.25) is 5.01 Å². The van der Waals surface area contributed by atoms with Crippen LogP contribution in [0.2, 0.25) is 0 Å². The van der Waals surface area contributed by atoms with Gasteiger partial charge in [-0.25, -0.2) is 4.98 Å². The third kappa shape index (κ3) is 2.28. The van der Waals surface area contributed by atoms with E-state index < -0.39 is 0 Å². The molecule has 4 heteroatoms. The largest absolute Gasteiger partial charge is 0.447 e. The zero-order valence-electron chi connectivity index (χ0n) is 10.3. The topological polar surface area (TPSA) is 32.5 Å². The molecule has 0 bridgehead atoms. The molecular formula is C15H13N3O. The van der Waals surface area contributed by atoms with Gasteiger partial charge in [0.2, 0.25) is 5.88 Å². The van der Waals surface area contributed by atoms with Crippen molar-refractivity contribution in [3.63, 3.8) is 0 Å². The van der Waals surface area contributed by atoms with Crippen molar-refractivity contribution in [2.24, 2.45) is 0 Å². The fraction of sp³-hybridized carbons (Fsp3) is 0. The lowest BCUT2D eigenvalue weighted by Crippen LogP contribution is -2.32. The van der Waals surface area contributed by atoms with E-state index in [0.717, 1.165) is 11.4 Å². The third-order valence-corrected chi connectivity index (χ3v) is 2.69. The first-order valence-corrected chi connectivity index (χ1v) is 5.93. The minimum Gasteiger partial charge on any atom is -0.447 e. The predicted molar refractivity (Wildman–Crippen MR) is 74.3 cm³/mol. The van der Waals surface area contributed by atoms with E-state index in [9.17, 15) is 0 Å². The molecule has 0 N–H and O–H groups in total. The van der Waals surface area contributed by atoms with Gasteiger partial charge < -0.3 is 4.42 Å². The summed E-state index contributed by atoms with van der Waals surface area (Å²) in [5.74, 6) is 1.47. The smallest absolute Gasteiger partial charge is 0.220 e. The van der Waals surface area contributed by atoms with Gasteiger partial charge in [-0.2, -0.15) is 5.01 Å². The molecule has 3 rings (SSSR count). The molecule has 94 valence electrons. The molecule has 0 unspecified atom stereocenters. The number of nitrogens with zero attached hydrogens (tertiary/aromatic N) is 3. The van der Waals surface area contributed by atoms with Crippen LogP contribution in [-0.4, -0.2) is 9.99 Å². The van der Waals surface area contributed by atoms with Crippen LogP contribution in [-0.2, 0) is 0 Å². The Balaban J connectivity index is 2.01. The summed E-state index contributed by atoms with van der Waals surface area (Å²) in [7, 11) is 0. The quantitative estimate of drug-likeness (QED) is 0.834. The monoisotopic (exact) mass is 251 g/mol. The third-order valence-electron chi connectivity index (χ3n) is 2.69. The first-order valence-electron chi connectivity index (χ1n) is 5.93. The van der Waals surface area contributed by atoms with Crippen LogP contribution in [0, 0.1) is 0 Å². The van der Waals surface area contributed by atoms with Gasteiger partial charge in [-0.15, -0.1) is 0 Å². The van der Waals surface area contributed by atoms with Crippen LogP contribution in [0.4, 0.5) is 11.7 Å². The molecule has 0 aromatic carbocycles. The Morgan fingerprint density at radius 3 is 2.58 bits per heavy atom. The molecule has 2 aromatic rings. The van der Waals surface area contributed by atoms with Crippen molar-refractivity contribution in [3.8, 4) is 0 Å². The maximum absolute atomic E-state index is 5.48. The molecule has 2 aromatic heterocycles. The lowest BCUT2D eigenvalue weighted by Gasteiger charge is -2.31. The van der Waals surface area contributed by atoms with Crippen LogP contribution in [0.3, 0.4) is 0 Å². The highest BCUT2D eigenvalue weighted by molar-refractivity contribution is 5.54. The molecule has 0 fully saturated rings. The van der Waals surface area contributed by atoms with Crippen molar-refractivity contribution < 1.29 is 4.42 Å². The van der Waals surface area contributed by atoms with E-state index >= 15 is 0 Å². The number of pyridine rings is 1. The van der Waals surface area contributed by atoms with Crippen molar-refractivity contribution in [1.29, 1.82) is 0 Å². The molecule has 0 amide bonds. The average Bonchev–Trinajstić information content (AvgIpc) is 2.96. The van der Waals surface area contributed by atoms with Crippen molar-refractivity contribution in [2.75, 3.05) is 5.01 Å². The first kappa shape index (κ1) is 11.3. The van der Waals surface area contributed by atoms with Crippen molar-refractivity contribution in [3.05, 3.63) is 79.5 Å². The molecular weight excluding hydrogens is 238 g/mol. The second kappa shape index (κ2) is 4.86. The number of hydrazine groups is 1. The Labute approximate surface area is 111 Å². The van der Waals surface area contributed by atoms with Crippen LogP contribution < -0.4 is 5.01 Å². The Bertz CT molecular complexity index is 598. The summed E-state index contributed by atoms with van der Waals surface area (Å²) in [6.45, 7) is 3.89. The number of hydrogen-bond acceptors (Lipinski definition) is 4. The maximum atomic E-state index is 5.48. The zero-order valence-corrected chi connectivity index (χ0v) is 10.3. The number of anilines is 2. The highest BCUT2D eigenvalue weighted by atomic mass is 16.4. The zero-order chi connectivity index (χ0) is 13.1. The van der Waals surface area contributed by atoms with Crippen molar-refractivity contribution in [2.45, 2.75) is 0 Å². The predicted octanol–water partition coefficient (Wildman–Crippen LogP) is 3.63. The Hall–Kier alpha value is -2.75. The molecule has 0 aliphatic carbocycles. The Kier molecular flexibility index (Phi) is 2.90. The minimum atomic E-state index is 0.695. The number of furan rings is 1. The second-order valence-corrected chi connectivity index (χ2v) is 4.04. The van der Waals surface area contributed by atoms with Crippen LogP contribution in [0.15, 0.2) is 83.9 Å². The van der Waals surface area contributed by atoms with Gasteiger partial charge in [-0.1, -0.05) is 12.6 Å². The van der Waals surface area contributed by atoms with Crippen LogP contribution in [0.1, 0.15) is 0 Å². The maximum Gasteiger partial charge on any atom is 0.220 e. The second-order valence-electron chi connectivity index (χ2n) is 4.04. The first-order chi connectivity index (χ1) is 9.34. The molecule has 1 aliphatic rings. The highest BCUT2D eigenvalue weighted by Crippen LogP contribution is 2.27. The molecule has 1 aliphatic heterocycles. The summed E-state index contributed by atoms with van der Waals surface area (Å²) in [4.78, 5) is 4.36. The van der Waals surface area contributed by atoms with Crippen molar-refractivity contribution >= 4 is 11.7 Å². The summed E-state index contributed by atoms with van der Waals surface area (Å²) in [5.41, 5.74) is 0.955. The summed E-state index contributed by atoms with van der Waals surface area (Å²) in [6.07, 6.45) is 11.1. The molecule has 4 nitrogen and oxygen atoms in total. The molecule has 3 heterocycles. The average molecular weight is 251 g/mol. The van der Waals surface area contributed by atoms with Gasteiger partial charge in [0, 0.05) is 24.7 Å². The van der Waals surface area contributed by atoms with Gasteiger partial charge >= 0.3 is 0 Å². The number of allylic oxidation sites excluding steroid dienone is 3.